The second-order valence-electron chi connectivity index (χ2n) is 12.2. The molecular formula is C44H30N4O. The molecule has 49 heavy (non-hydrogen) atoms. The van der Waals surface area contributed by atoms with Crippen LogP contribution in [0.25, 0.3) is 78.4 Å². The molecule has 1 aliphatic heterocycles. The highest BCUT2D eigenvalue weighted by molar-refractivity contribution is 5.98. The molecule has 0 spiro atoms. The Morgan fingerprint density at radius 1 is 0.449 bits per heavy atom. The van der Waals surface area contributed by atoms with E-state index in [2.05, 4.69) is 91.0 Å². The molecule has 2 aromatic heterocycles. The lowest BCUT2D eigenvalue weighted by molar-refractivity contribution is 0.323. The lowest BCUT2D eigenvalue weighted by Gasteiger charge is -2.19. The van der Waals surface area contributed by atoms with E-state index >= 15 is 0 Å². The SMILES string of the molecule is c1ccc(-c2nc(-c3ccccc3)nc(-c3cccc(-c4ccc(-c5ccc6c(c5)OCCc5cccc7ccnc-6c57)cc4)c3)n2)cc1. The average molecular weight is 631 g/mol. The summed E-state index contributed by atoms with van der Waals surface area (Å²) in [5.41, 5.74) is 10.5. The van der Waals surface area contributed by atoms with Crippen molar-refractivity contribution in [1.82, 2.24) is 19.9 Å². The van der Waals surface area contributed by atoms with Crippen LogP contribution < -0.4 is 4.74 Å². The van der Waals surface area contributed by atoms with Crippen molar-refractivity contribution in [1.29, 1.82) is 0 Å². The Balaban J connectivity index is 1.05. The molecule has 0 bridgehead atoms. The molecular weight excluding hydrogens is 601 g/mol. The van der Waals surface area contributed by atoms with Gasteiger partial charge < -0.3 is 4.74 Å². The lowest BCUT2D eigenvalue weighted by Crippen LogP contribution is -2.07. The molecule has 9 rings (SSSR count). The van der Waals surface area contributed by atoms with Gasteiger partial charge in [0.2, 0.25) is 0 Å². The first kappa shape index (κ1) is 28.7. The minimum Gasteiger partial charge on any atom is -0.493 e. The molecule has 5 heteroatoms. The zero-order chi connectivity index (χ0) is 32.6. The number of aromatic nitrogens is 4. The summed E-state index contributed by atoms with van der Waals surface area (Å²) in [4.78, 5) is 19.5. The molecule has 0 amide bonds. The van der Waals surface area contributed by atoms with E-state index in [9.17, 15) is 0 Å². The third kappa shape index (κ3) is 5.51. The quantitative estimate of drug-likeness (QED) is 0.189. The van der Waals surface area contributed by atoms with Crippen LogP contribution in [0.1, 0.15) is 5.56 Å². The minimum atomic E-state index is 0.625. The maximum Gasteiger partial charge on any atom is 0.164 e. The zero-order valence-corrected chi connectivity index (χ0v) is 26.6. The molecule has 1 aliphatic rings. The van der Waals surface area contributed by atoms with Crippen molar-refractivity contribution in [2.24, 2.45) is 0 Å². The molecule has 0 atom stereocenters. The van der Waals surface area contributed by atoms with Crippen molar-refractivity contribution in [3.8, 4) is 73.4 Å². The van der Waals surface area contributed by atoms with Crippen molar-refractivity contribution in [3.05, 3.63) is 163 Å². The Morgan fingerprint density at radius 3 is 1.71 bits per heavy atom. The number of ether oxygens (including phenoxy) is 1. The Labute approximate surface area is 284 Å². The summed E-state index contributed by atoms with van der Waals surface area (Å²) in [5.74, 6) is 2.80. The number of fused-ring (bicyclic) bond motifs is 2. The number of hydrogen-bond donors (Lipinski definition) is 0. The summed E-state index contributed by atoms with van der Waals surface area (Å²) in [5, 5.41) is 2.43. The first-order valence-corrected chi connectivity index (χ1v) is 16.5. The zero-order valence-electron chi connectivity index (χ0n) is 26.6. The van der Waals surface area contributed by atoms with Crippen LogP contribution in [-0.4, -0.2) is 26.5 Å². The van der Waals surface area contributed by atoms with Gasteiger partial charge in [0.1, 0.15) is 5.75 Å². The summed E-state index contributed by atoms with van der Waals surface area (Å²) in [6.45, 7) is 0.625. The Kier molecular flexibility index (Phi) is 7.21. The summed E-state index contributed by atoms with van der Waals surface area (Å²) < 4.78 is 6.34. The summed E-state index contributed by atoms with van der Waals surface area (Å²) in [6, 6.07) is 52.2. The van der Waals surface area contributed by atoms with Crippen LogP contribution in [0.3, 0.4) is 0 Å². The largest absolute Gasteiger partial charge is 0.493 e. The molecule has 0 unspecified atom stereocenters. The number of rotatable bonds is 5. The van der Waals surface area contributed by atoms with Gasteiger partial charge in [-0.25, -0.2) is 15.0 Å². The van der Waals surface area contributed by atoms with Crippen LogP contribution in [-0.2, 0) is 6.42 Å². The van der Waals surface area contributed by atoms with Gasteiger partial charge in [-0.2, -0.15) is 0 Å². The smallest absolute Gasteiger partial charge is 0.164 e. The molecule has 3 heterocycles. The van der Waals surface area contributed by atoms with E-state index in [-0.39, 0.29) is 0 Å². The molecule has 232 valence electrons. The summed E-state index contributed by atoms with van der Waals surface area (Å²) in [6.07, 6.45) is 2.73. The third-order valence-electron chi connectivity index (χ3n) is 9.11. The van der Waals surface area contributed by atoms with Crippen molar-refractivity contribution < 1.29 is 4.74 Å². The van der Waals surface area contributed by atoms with Gasteiger partial charge >= 0.3 is 0 Å². The van der Waals surface area contributed by atoms with E-state index in [4.69, 9.17) is 24.7 Å². The van der Waals surface area contributed by atoms with Gasteiger partial charge in [-0.05, 0) is 57.5 Å². The molecule has 6 aromatic carbocycles. The highest BCUT2D eigenvalue weighted by Gasteiger charge is 2.18. The highest BCUT2D eigenvalue weighted by Crippen LogP contribution is 2.40. The fourth-order valence-electron chi connectivity index (χ4n) is 6.64. The Morgan fingerprint density at radius 2 is 1.02 bits per heavy atom. The first-order chi connectivity index (χ1) is 24.3. The number of pyridine rings is 1. The maximum atomic E-state index is 6.34. The standard InChI is InChI=1S/C44H30N4O/c1-3-9-33(10-4-1)42-46-43(34-11-5-2-6-12-34)48-44(47-42)37-16-8-15-35(27-37)29-17-19-30(20-18-29)36-21-22-38-39(28-36)49-26-24-32-14-7-13-31-23-25-45-41(38)40(31)32/h1-23,25,27-28H,24,26H2. The van der Waals surface area contributed by atoms with E-state index < -0.39 is 0 Å². The highest BCUT2D eigenvalue weighted by atomic mass is 16.5. The van der Waals surface area contributed by atoms with Crippen LogP contribution in [0.15, 0.2) is 158 Å². The fraction of sp³-hybridized carbons (Fsp3) is 0.0455. The van der Waals surface area contributed by atoms with Crippen molar-refractivity contribution in [2.75, 3.05) is 6.61 Å². The van der Waals surface area contributed by atoms with Crippen LogP contribution in [0.5, 0.6) is 5.75 Å². The second-order valence-corrected chi connectivity index (χ2v) is 12.2. The first-order valence-electron chi connectivity index (χ1n) is 16.5. The second kappa shape index (κ2) is 12.3. The number of benzene rings is 6. The van der Waals surface area contributed by atoms with Crippen LogP contribution >= 0.6 is 0 Å². The van der Waals surface area contributed by atoms with Crippen LogP contribution in [0.4, 0.5) is 0 Å². The normalized spacial score (nSPS) is 12.1. The van der Waals surface area contributed by atoms with E-state index in [0.29, 0.717) is 24.1 Å². The molecule has 0 fully saturated rings. The average Bonchev–Trinajstić information content (AvgIpc) is 3.18. The van der Waals surface area contributed by atoms with Gasteiger partial charge in [0, 0.05) is 40.3 Å². The van der Waals surface area contributed by atoms with E-state index in [1.54, 1.807) is 0 Å². The number of nitrogens with zero attached hydrogens (tertiary/aromatic N) is 4. The molecule has 0 saturated carbocycles. The summed E-state index contributed by atoms with van der Waals surface area (Å²) in [7, 11) is 0. The van der Waals surface area contributed by atoms with Gasteiger partial charge in [-0.1, -0.05) is 127 Å². The van der Waals surface area contributed by atoms with Crippen molar-refractivity contribution in [3.63, 3.8) is 0 Å². The Hall–Kier alpha value is -6.46. The third-order valence-corrected chi connectivity index (χ3v) is 9.11. The van der Waals surface area contributed by atoms with Crippen molar-refractivity contribution >= 4 is 10.8 Å². The minimum absolute atomic E-state index is 0.625. The van der Waals surface area contributed by atoms with Gasteiger partial charge in [-0.15, -0.1) is 0 Å². The van der Waals surface area contributed by atoms with E-state index in [0.717, 1.165) is 62.4 Å². The van der Waals surface area contributed by atoms with Crippen molar-refractivity contribution in [2.45, 2.75) is 6.42 Å². The molecule has 5 nitrogen and oxygen atoms in total. The predicted molar refractivity (Wildman–Crippen MR) is 197 cm³/mol. The molecule has 0 saturated heterocycles. The van der Waals surface area contributed by atoms with E-state index in [1.165, 1.54) is 16.3 Å². The fourth-order valence-corrected chi connectivity index (χ4v) is 6.64. The maximum absolute atomic E-state index is 6.34. The van der Waals surface area contributed by atoms with Gasteiger partial charge in [0.25, 0.3) is 0 Å². The molecule has 0 N–H and O–H groups in total. The molecule has 0 aliphatic carbocycles. The lowest BCUT2D eigenvalue weighted by atomic mass is 9.94. The molecule has 0 radical (unpaired) electrons. The van der Waals surface area contributed by atoms with Crippen LogP contribution in [0.2, 0.25) is 0 Å². The van der Waals surface area contributed by atoms with Gasteiger partial charge in [0.15, 0.2) is 17.5 Å². The summed E-state index contributed by atoms with van der Waals surface area (Å²) >= 11 is 0. The number of hydrogen-bond acceptors (Lipinski definition) is 5. The monoisotopic (exact) mass is 630 g/mol. The Bertz CT molecular complexity index is 2400. The van der Waals surface area contributed by atoms with Crippen LogP contribution in [0, 0.1) is 0 Å². The molecule has 8 aromatic rings. The van der Waals surface area contributed by atoms with Gasteiger partial charge in [-0.3, -0.25) is 4.98 Å². The topological polar surface area (TPSA) is 60.8 Å². The van der Waals surface area contributed by atoms with E-state index in [1.807, 2.05) is 66.9 Å². The predicted octanol–water partition coefficient (Wildman–Crippen LogP) is 10.4. The van der Waals surface area contributed by atoms with Gasteiger partial charge in [0.05, 0.1) is 12.3 Å².